The molecular formula is C9H15NO2. The van der Waals surface area contributed by atoms with E-state index < -0.39 is 5.97 Å². The predicted molar refractivity (Wildman–Crippen MR) is 44.8 cm³/mol. The molecule has 2 saturated carbocycles. The number of hydrogen-bond acceptors (Lipinski definition) is 2. The normalized spacial score (nSPS) is 45.1. The number of aliphatic carboxylic acids is 1. The van der Waals surface area contributed by atoms with Crippen LogP contribution in [0.1, 0.15) is 19.3 Å². The van der Waals surface area contributed by atoms with E-state index in [1.54, 1.807) is 0 Å². The third kappa shape index (κ3) is 0.959. The van der Waals surface area contributed by atoms with Crippen molar-refractivity contribution in [3.05, 3.63) is 0 Å². The molecule has 2 fully saturated rings. The fraction of sp³-hybridized carbons (Fsp3) is 0.889. The first-order chi connectivity index (χ1) is 5.74. The highest BCUT2D eigenvalue weighted by Crippen LogP contribution is 2.48. The maximum absolute atomic E-state index is 10.9. The lowest BCUT2D eigenvalue weighted by molar-refractivity contribution is -0.144. The third-order valence-corrected chi connectivity index (χ3v) is 3.53. The minimum atomic E-state index is -0.610. The maximum atomic E-state index is 10.9. The quantitative estimate of drug-likeness (QED) is 0.640. The summed E-state index contributed by atoms with van der Waals surface area (Å²) in [6.45, 7) is 0. The molecule has 2 aliphatic rings. The van der Waals surface area contributed by atoms with Crippen LogP contribution in [0.4, 0.5) is 0 Å². The van der Waals surface area contributed by atoms with Crippen LogP contribution >= 0.6 is 0 Å². The summed E-state index contributed by atoms with van der Waals surface area (Å²) in [6.07, 6.45) is 3.47. The highest BCUT2D eigenvalue weighted by atomic mass is 16.4. The first kappa shape index (κ1) is 8.05. The summed E-state index contributed by atoms with van der Waals surface area (Å²) in [5.41, 5.74) is 0. The Hall–Kier alpha value is -0.570. The molecule has 2 aliphatic carbocycles. The first-order valence-corrected chi connectivity index (χ1v) is 4.64. The van der Waals surface area contributed by atoms with Gasteiger partial charge in [0.2, 0.25) is 0 Å². The van der Waals surface area contributed by atoms with Gasteiger partial charge in [0.1, 0.15) is 0 Å². The monoisotopic (exact) mass is 169 g/mol. The molecular weight excluding hydrogens is 154 g/mol. The molecule has 68 valence electrons. The molecule has 2 bridgehead atoms. The van der Waals surface area contributed by atoms with Gasteiger partial charge in [0.25, 0.3) is 0 Å². The Labute approximate surface area is 72.2 Å². The van der Waals surface area contributed by atoms with Gasteiger partial charge in [0.05, 0.1) is 5.92 Å². The summed E-state index contributed by atoms with van der Waals surface area (Å²) in [5.74, 6) is 0.348. The van der Waals surface area contributed by atoms with E-state index in [2.05, 4.69) is 5.32 Å². The largest absolute Gasteiger partial charge is 0.481 e. The summed E-state index contributed by atoms with van der Waals surface area (Å²) >= 11 is 0. The van der Waals surface area contributed by atoms with Crippen molar-refractivity contribution in [1.29, 1.82) is 0 Å². The van der Waals surface area contributed by atoms with Crippen molar-refractivity contribution in [2.45, 2.75) is 25.3 Å². The van der Waals surface area contributed by atoms with Gasteiger partial charge in [0, 0.05) is 6.04 Å². The number of carboxylic acids is 1. The van der Waals surface area contributed by atoms with Crippen LogP contribution in [0.15, 0.2) is 0 Å². The smallest absolute Gasteiger partial charge is 0.308 e. The minimum absolute atomic E-state index is 0.117. The van der Waals surface area contributed by atoms with Gasteiger partial charge in [-0.05, 0) is 38.1 Å². The van der Waals surface area contributed by atoms with Gasteiger partial charge in [0.15, 0.2) is 0 Å². The average Bonchev–Trinajstić information content (AvgIpc) is 2.60. The van der Waals surface area contributed by atoms with Crippen LogP contribution in [0.2, 0.25) is 0 Å². The first-order valence-electron chi connectivity index (χ1n) is 4.64. The molecule has 0 amide bonds. The zero-order valence-electron chi connectivity index (χ0n) is 7.29. The van der Waals surface area contributed by atoms with Crippen molar-refractivity contribution < 1.29 is 9.90 Å². The van der Waals surface area contributed by atoms with Gasteiger partial charge in [-0.25, -0.2) is 0 Å². The van der Waals surface area contributed by atoms with E-state index in [0.717, 1.165) is 12.8 Å². The Balaban J connectivity index is 2.16. The predicted octanol–water partition coefficient (Wildman–Crippen LogP) is 0.705. The van der Waals surface area contributed by atoms with Crippen molar-refractivity contribution in [1.82, 2.24) is 5.32 Å². The summed E-state index contributed by atoms with van der Waals surface area (Å²) in [7, 11) is 1.88. The van der Waals surface area contributed by atoms with E-state index in [1.165, 1.54) is 6.42 Å². The van der Waals surface area contributed by atoms with Crippen LogP contribution in [0.25, 0.3) is 0 Å². The number of rotatable bonds is 2. The lowest BCUT2D eigenvalue weighted by Gasteiger charge is -2.27. The fourth-order valence-electron chi connectivity index (χ4n) is 3.06. The van der Waals surface area contributed by atoms with Crippen molar-refractivity contribution in [3.8, 4) is 0 Å². The molecule has 0 heterocycles. The Morgan fingerprint density at radius 1 is 1.42 bits per heavy atom. The fourth-order valence-corrected chi connectivity index (χ4v) is 3.06. The van der Waals surface area contributed by atoms with E-state index in [-0.39, 0.29) is 12.0 Å². The number of hydrogen-bond donors (Lipinski definition) is 2. The van der Waals surface area contributed by atoms with Crippen LogP contribution in [0, 0.1) is 17.8 Å². The maximum Gasteiger partial charge on any atom is 0.308 e. The Morgan fingerprint density at radius 2 is 2.08 bits per heavy atom. The van der Waals surface area contributed by atoms with Crippen molar-refractivity contribution in [2.75, 3.05) is 7.05 Å². The second kappa shape index (κ2) is 2.73. The van der Waals surface area contributed by atoms with Crippen LogP contribution in [-0.2, 0) is 4.79 Å². The number of nitrogens with one attached hydrogen (secondary N) is 1. The zero-order chi connectivity index (χ0) is 8.72. The van der Waals surface area contributed by atoms with Gasteiger partial charge in [-0.2, -0.15) is 0 Å². The molecule has 0 unspecified atom stereocenters. The summed E-state index contributed by atoms with van der Waals surface area (Å²) in [4.78, 5) is 10.9. The van der Waals surface area contributed by atoms with E-state index in [9.17, 15) is 4.79 Å². The van der Waals surface area contributed by atoms with Gasteiger partial charge in [-0.3, -0.25) is 4.79 Å². The highest BCUT2D eigenvalue weighted by Gasteiger charge is 2.50. The molecule has 0 radical (unpaired) electrons. The second-order valence-corrected chi connectivity index (χ2v) is 4.01. The lowest BCUT2D eigenvalue weighted by Crippen LogP contribution is -2.42. The molecule has 0 aliphatic heterocycles. The third-order valence-electron chi connectivity index (χ3n) is 3.53. The standard InChI is InChI=1S/C9H15NO2/c1-10-8-6-3-2-5(4-6)7(8)9(11)12/h5-8,10H,2-4H2,1H3,(H,11,12)/t5-,6+,7+,8-/m0/s1. The average molecular weight is 169 g/mol. The number of carbonyl (C=O) groups is 1. The molecule has 0 aromatic rings. The summed E-state index contributed by atoms with van der Waals surface area (Å²) in [5, 5.41) is 12.1. The van der Waals surface area contributed by atoms with Crippen LogP contribution in [0.5, 0.6) is 0 Å². The zero-order valence-corrected chi connectivity index (χ0v) is 7.29. The van der Waals surface area contributed by atoms with Gasteiger partial charge in [-0.15, -0.1) is 0 Å². The molecule has 0 aromatic heterocycles. The Bertz CT molecular complexity index is 205. The number of carboxylic acid groups (broad SMARTS) is 1. The van der Waals surface area contributed by atoms with Crippen LogP contribution in [0.3, 0.4) is 0 Å². The summed E-state index contributed by atoms with van der Waals surface area (Å²) < 4.78 is 0. The molecule has 0 aromatic carbocycles. The molecule has 0 spiro atoms. The molecule has 12 heavy (non-hydrogen) atoms. The molecule has 2 rings (SSSR count). The van der Waals surface area contributed by atoms with Crippen molar-refractivity contribution in [2.24, 2.45) is 17.8 Å². The van der Waals surface area contributed by atoms with Crippen molar-refractivity contribution >= 4 is 5.97 Å². The number of fused-ring (bicyclic) bond motifs is 2. The van der Waals surface area contributed by atoms with Crippen molar-refractivity contribution in [3.63, 3.8) is 0 Å². The second-order valence-electron chi connectivity index (χ2n) is 4.01. The van der Waals surface area contributed by atoms with Gasteiger partial charge >= 0.3 is 5.97 Å². The van der Waals surface area contributed by atoms with E-state index in [0.29, 0.717) is 11.8 Å². The lowest BCUT2D eigenvalue weighted by atomic mass is 9.84. The topological polar surface area (TPSA) is 49.3 Å². The minimum Gasteiger partial charge on any atom is -0.481 e. The van der Waals surface area contributed by atoms with Crippen LogP contribution in [-0.4, -0.2) is 24.2 Å². The molecule has 3 nitrogen and oxygen atoms in total. The SMILES string of the molecule is CN[C@H]1[C@@H]2CC[C@@H](C2)[C@H]1C(=O)O. The van der Waals surface area contributed by atoms with E-state index in [1.807, 2.05) is 7.05 Å². The van der Waals surface area contributed by atoms with Crippen LogP contribution < -0.4 is 5.32 Å². The highest BCUT2D eigenvalue weighted by molar-refractivity contribution is 5.72. The summed E-state index contributed by atoms with van der Waals surface area (Å²) in [6, 6.07) is 0.237. The van der Waals surface area contributed by atoms with Gasteiger partial charge < -0.3 is 10.4 Å². The Morgan fingerprint density at radius 3 is 2.58 bits per heavy atom. The van der Waals surface area contributed by atoms with E-state index >= 15 is 0 Å². The Kier molecular flexibility index (Phi) is 1.83. The molecule has 0 saturated heterocycles. The van der Waals surface area contributed by atoms with E-state index in [4.69, 9.17) is 5.11 Å². The molecule has 3 heteroatoms. The van der Waals surface area contributed by atoms with Gasteiger partial charge in [-0.1, -0.05) is 0 Å². The molecule has 4 atom stereocenters. The molecule has 2 N–H and O–H groups in total.